The molecule has 152 valence electrons. The maximum absolute atomic E-state index is 14.4. The second-order valence-electron chi connectivity index (χ2n) is 7.32. The zero-order valence-electron chi connectivity index (χ0n) is 17.2. The van der Waals surface area contributed by atoms with Crippen LogP contribution in [0.15, 0.2) is 72.8 Å². The summed E-state index contributed by atoms with van der Waals surface area (Å²) in [6, 6.07) is 23.1. The molecule has 0 amide bonds. The van der Waals surface area contributed by atoms with E-state index < -0.39 is 0 Å². The van der Waals surface area contributed by atoms with Gasteiger partial charge in [-0.15, -0.1) is 0 Å². The molecule has 0 aliphatic heterocycles. The van der Waals surface area contributed by atoms with Crippen LogP contribution in [0.2, 0.25) is 0 Å². The second kappa shape index (κ2) is 9.89. The van der Waals surface area contributed by atoms with Crippen molar-refractivity contribution in [2.24, 2.45) is 0 Å². The predicted octanol–water partition coefficient (Wildman–Crippen LogP) is 6.43. The van der Waals surface area contributed by atoms with Crippen LogP contribution >= 0.6 is 8.58 Å². The monoisotopic (exact) mass is 410 g/mol. The van der Waals surface area contributed by atoms with Crippen LogP contribution in [-0.4, -0.2) is 7.11 Å². The van der Waals surface area contributed by atoms with Gasteiger partial charge in [0, 0.05) is 16.0 Å². The highest BCUT2D eigenvalue weighted by Gasteiger charge is 2.31. The van der Waals surface area contributed by atoms with Gasteiger partial charge < -0.3 is 9.47 Å². The molecule has 0 heterocycles. The summed E-state index contributed by atoms with van der Waals surface area (Å²) < 4.78 is 26.2. The van der Waals surface area contributed by atoms with E-state index in [4.69, 9.17) is 9.47 Å². The fraction of sp³-hybridized carbons (Fsp3) is 0.280. The molecule has 0 fully saturated rings. The molecule has 29 heavy (non-hydrogen) atoms. The Balaban J connectivity index is 1.97. The maximum atomic E-state index is 14.4. The van der Waals surface area contributed by atoms with E-state index >= 15 is 0 Å². The van der Waals surface area contributed by atoms with Gasteiger partial charge in [0.05, 0.1) is 7.11 Å². The van der Waals surface area contributed by atoms with Crippen LogP contribution in [0.25, 0.3) is 0 Å². The smallest absolute Gasteiger partial charge is 0.130 e. The minimum atomic E-state index is -0.252. The summed E-state index contributed by atoms with van der Waals surface area (Å²) >= 11 is 0. The van der Waals surface area contributed by atoms with Crippen LogP contribution in [0.5, 0.6) is 11.5 Å². The largest absolute Gasteiger partial charge is 0.497 e. The van der Waals surface area contributed by atoms with E-state index in [1.165, 1.54) is 6.07 Å². The van der Waals surface area contributed by atoms with Crippen molar-refractivity contribution in [3.63, 3.8) is 0 Å². The maximum Gasteiger partial charge on any atom is 0.130 e. The van der Waals surface area contributed by atoms with Gasteiger partial charge in [-0.1, -0.05) is 77.4 Å². The van der Waals surface area contributed by atoms with Gasteiger partial charge in [-0.3, -0.25) is 0 Å². The van der Waals surface area contributed by atoms with Crippen molar-refractivity contribution in [2.45, 2.75) is 38.5 Å². The Bertz CT molecular complexity index is 929. The molecule has 2 unspecified atom stereocenters. The van der Waals surface area contributed by atoms with Crippen molar-refractivity contribution in [1.29, 1.82) is 0 Å². The lowest BCUT2D eigenvalue weighted by Gasteiger charge is -2.32. The van der Waals surface area contributed by atoms with Crippen molar-refractivity contribution in [2.75, 3.05) is 7.11 Å². The molecule has 3 aromatic carbocycles. The molecule has 0 spiro atoms. The van der Waals surface area contributed by atoms with Crippen LogP contribution in [0.3, 0.4) is 0 Å². The summed E-state index contributed by atoms with van der Waals surface area (Å²) in [7, 11) is 1.95. The van der Waals surface area contributed by atoms with E-state index in [-0.39, 0.29) is 19.6 Å². The van der Waals surface area contributed by atoms with E-state index in [2.05, 4.69) is 26.0 Å². The zero-order valence-corrected chi connectivity index (χ0v) is 18.2. The van der Waals surface area contributed by atoms with Gasteiger partial charge in [-0.25, -0.2) is 4.39 Å². The van der Waals surface area contributed by atoms with Crippen LogP contribution in [0, 0.1) is 5.82 Å². The standard InChI is InChI=1S/C25H28FO2P/c1-4-16-25(2,29-24-13-9-8-12-22(24)26)21-17-20(27-3)14-15-23(21)28-18-19-10-6-5-7-11-19/h5-15,17,29H,4,16,18H2,1-3H3. The van der Waals surface area contributed by atoms with E-state index in [0.29, 0.717) is 6.61 Å². The number of methoxy groups -OCH3 is 1. The quantitative estimate of drug-likeness (QED) is 0.378. The Morgan fingerprint density at radius 1 is 0.966 bits per heavy atom. The Morgan fingerprint density at radius 3 is 2.38 bits per heavy atom. The number of rotatable bonds is 9. The highest BCUT2D eigenvalue weighted by Crippen LogP contribution is 2.49. The lowest BCUT2D eigenvalue weighted by Crippen LogP contribution is -2.21. The van der Waals surface area contributed by atoms with Crippen molar-refractivity contribution < 1.29 is 13.9 Å². The predicted molar refractivity (Wildman–Crippen MR) is 120 cm³/mol. The van der Waals surface area contributed by atoms with Gasteiger partial charge in [0.1, 0.15) is 23.9 Å². The lowest BCUT2D eigenvalue weighted by atomic mass is 9.94. The number of ether oxygens (including phenoxy) is 2. The number of benzene rings is 3. The van der Waals surface area contributed by atoms with Crippen LogP contribution in [-0.2, 0) is 11.8 Å². The summed E-state index contributed by atoms with van der Waals surface area (Å²) in [6.45, 7) is 4.85. The topological polar surface area (TPSA) is 18.5 Å². The Morgan fingerprint density at radius 2 is 1.69 bits per heavy atom. The highest BCUT2D eigenvalue weighted by atomic mass is 31.1. The first-order chi connectivity index (χ1) is 14.1. The van der Waals surface area contributed by atoms with Crippen LogP contribution in [0.4, 0.5) is 4.39 Å². The zero-order chi connectivity index (χ0) is 20.7. The summed E-state index contributed by atoms with van der Waals surface area (Å²) in [5, 5.41) is 0.498. The summed E-state index contributed by atoms with van der Waals surface area (Å²) in [5.41, 5.74) is 2.18. The minimum absolute atomic E-state index is 0.150. The number of hydrogen-bond acceptors (Lipinski definition) is 2. The molecule has 4 heteroatoms. The minimum Gasteiger partial charge on any atom is -0.497 e. The third-order valence-corrected chi connectivity index (χ3v) is 6.80. The van der Waals surface area contributed by atoms with Crippen LogP contribution < -0.4 is 14.8 Å². The number of halogens is 1. The van der Waals surface area contributed by atoms with Gasteiger partial charge in [0.15, 0.2) is 0 Å². The molecule has 3 aromatic rings. The van der Waals surface area contributed by atoms with E-state index in [1.807, 2.05) is 48.5 Å². The third-order valence-electron chi connectivity index (χ3n) is 5.05. The van der Waals surface area contributed by atoms with Crippen molar-refractivity contribution >= 4 is 13.9 Å². The first kappa shape index (κ1) is 21.3. The lowest BCUT2D eigenvalue weighted by molar-refractivity contribution is 0.298. The van der Waals surface area contributed by atoms with E-state index in [9.17, 15) is 4.39 Å². The Hall–Kier alpha value is -2.38. The first-order valence-electron chi connectivity index (χ1n) is 9.93. The van der Waals surface area contributed by atoms with E-state index in [1.54, 1.807) is 13.2 Å². The molecule has 0 aliphatic carbocycles. The fourth-order valence-corrected chi connectivity index (χ4v) is 5.23. The molecule has 0 aromatic heterocycles. The SMILES string of the molecule is CCCC(C)(Pc1ccccc1F)c1cc(OC)ccc1OCc1ccccc1. The van der Waals surface area contributed by atoms with Gasteiger partial charge in [-0.2, -0.15) is 0 Å². The summed E-state index contributed by atoms with van der Waals surface area (Å²) in [6.07, 6.45) is 1.92. The van der Waals surface area contributed by atoms with Crippen molar-refractivity contribution in [1.82, 2.24) is 0 Å². The summed E-state index contributed by atoms with van der Waals surface area (Å²) in [5.74, 6) is 1.46. The van der Waals surface area contributed by atoms with Crippen molar-refractivity contribution in [3.8, 4) is 11.5 Å². The molecule has 0 saturated carbocycles. The van der Waals surface area contributed by atoms with E-state index in [0.717, 1.165) is 40.8 Å². The molecule has 0 N–H and O–H groups in total. The molecule has 2 atom stereocenters. The molecule has 0 radical (unpaired) electrons. The average molecular weight is 410 g/mol. The van der Waals surface area contributed by atoms with Gasteiger partial charge in [0.25, 0.3) is 0 Å². The normalized spacial score (nSPS) is 13.4. The number of hydrogen-bond donors (Lipinski definition) is 0. The second-order valence-corrected chi connectivity index (χ2v) is 9.22. The Labute approximate surface area is 174 Å². The molecule has 0 aliphatic rings. The molecule has 2 nitrogen and oxygen atoms in total. The average Bonchev–Trinajstić information content (AvgIpc) is 2.75. The highest BCUT2D eigenvalue weighted by molar-refractivity contribution is 7.48. The fourth-order valence-electron chi connectivity index (χ4n) is 3.55. The van der Waals surface area contributed by atoms with Crippen LogP contribution in [0.1, 0.15) is 37.8 Å². The van der Waals surface area contributed by atoms with Gasteiger partial charge in [-0.05, 0) is 36.2 Å². The third kappa shape index (κ3) is 5.36. The van der Waals surface area contributed by atoms with Crippen molar-refractivity contribution in [3.05, 3.63) is 89.7 Å². The first-order valence-corrected chi connectivity index (χ1v) is 10.9. The Kier molecular flexibility index (Phi) is 7.28. The van der Waals surface area contributed by atoms with Gasteiger partial charge >= 0.3 is 0 Å². The molecule has 0 bridgehead atoms. The molecular weight excluding hydrogens is 382 g/mol. The summed E-state index contributed by atoms with van der Waals surface area (Å²) in [4.78, 5) is 0. The molecule has 3 rings (SSSR count). The molecule has 0 saturated heterocycles. The molecular formula is C25H28FO2P. The van der Waals surface area contributed by atoms with Gasteiger partial charge in [0.2, 0.25) is 0 Å².